The predicted octanol–water partition coefficient (Wildman–Crippen LogP) is 18.8. The molecular formula is C76H46N8. The number of rotatable bonds is 8. The van der Waals surface area contributed by atoms with Gasteiger partial charge in [0.2, 0.25) is 0 Å². The summed E-state index contributed by atoms with van der Waals surface area (Å²) >= 11 is 0. The van der Waals surface area contributed by atoms with Crippen molar-refractivity contribution >= 4 is 87.2 Å². The molecule has 5 heterocycles. The van der Waals surface area contributed by atoms with Crippen LogP contribution in [-0.2, 0) is 0 Å². The van der Waals surface area contributed by atoms with E-state index in [0.29, 0.717) is 23.0 Å². The van der Waals surface area contributed by atoms with E-state index in [1.54, 1.807) is 0 Å². The molecule has 0 saturated carbocycles. The zero-order valence-electron chi connectivity index (χ0n) is 45.1. The number of aromatic nitrogens is 7. The standard InChI is InChI=1S/C76H46N8/c77-47-50-27-21-41-66(83-64-39-19-15-34-55(64)60-43-58-53-32-13-17-37-62(53)81(68(58)45-70(60)83)51-28-9-3-10-29-51)72(50)73-57(76-79-74(48-23-5-1-6-24-48)78-75(80-76)49-25-7-2-8-26-49)36-22-42-67(73)84-65-40-20-16-35-56(65)61-44-59-54-33-14-18-38-63(54)82(69(59)46-71(61)84)52-30-11-4-12-31-52/h1-46H. The minimum atomic E-state index is 0.474. The van der Waals surface area contributed by atoms with Gasteiger partial charge in [0, 0.05) is 82.3 Å². The fourth-order valence-corrected chi connectivity index (χ4v) is 13.3. The van der Waals surface area contributed by atoms with E-state index in [1.165, 1.54) is 10.8 Å². The van der Waals surface area contributed by atoms with E-state index in [1.807, 2.05) is 72.8 Å². The van der Waals surface area contributed by atoms with Crippen molar-refractivity contribution in [1.82, 2.24) is 33.2 Å². The van der Waals surface area contributed by atoms with Crippen LogP contribution in [0.5, 0.6) is 0 Å². The van der Waals surface area contributed by atoms with Gasteiger partial charge < -0.3 is 18.3 Å². The van der Waals surface area contributed by atoms with Gasteiger partial charge in [0.1, 0.15) is 0 Å². The molecule has 0 amide bonds. The molecule has 8 nitrogen and oxygen atoms in total. The van der Waals surface area contributed by atoms with Crippen molar-refractivity contribution in [1.29, 1.82) is 5.26 Å². The number of fused-ring (bicyclic) bond motifs is 12. The molecule has 0 fully saturated rings. The van der Waals surface area contributed by atoms with E-state index >= 15 is 0 Å². The Morgan fingerprint density at radius 3 is 1.04 bits per heavy atom. The van der Waals surface area contributed by atoms with Gasteiger partial charge in [-0.15, -0.1) is 0 Å². The first kappa shape index (κ1) is 47.2. The molecule has 0 atom stereocenters. The van der Waals surface area contributed by atoms with Gasteiger partial charge in [-0.3, -0.25) is 0 Å². The third-order valence-corrected chi connectivity index (χ3v) is 16.8. The minimum Gasteiger partial charge on any atom is -0.309 e. The van der Waals surface area contributed by atoms with E-state index < -0.39 is 0 Å². The van der Waals surface area contributed by atoms with E-state index in [-0.39, 0.29) is 0 Å². The van der Waals surface area contributed by atoms with Crippen LogP contribution in [0.15, 0.2) is 279 Å². The van der Waals surface area contributed by atoms with Crippen molar-refractivity contribution in [2.45, 2.75) is 0 Å². The second-order valence-corrected chi connectivity index (χ2v) is 21.4. The molecule has 0 aliphatic rings. The lowest BCUT2D eigenvalue weighted by Gasteiger charge is -2.22. The largest absolute Gasteiger partial charge is 0.309 e. The van der Waals surface area contributed by atoms with Crippen LogP contribution >= 0.6 is 0 Å². The Morgan fingerprint density at radius 2 is 0.607 bits per heavy atom. The molecule has 0 spiro atoms. The molecule has 84 heavy (non-hydrogen) atoms. The predicted molar refractivity (Wildman–Crippen MR) is 344 cm³/mol. The van der Waals surface area contributed by atoms with Crippen molar-refractivity contribution in [2.75, 3.05) is 0 Å². The molecule has 8 heteroatoms. The highest BCUT2D eigenvalue weighted by Gasteiger charge is 2.29. The van der Waals surface area contributed by atoms with Crippen LogP contribution in [0.1, 0.15) is 5.56 Å². The Kier molecular flexibility index (Phi) is 10.5. The fraction of sp³-hybridized carbons (Fsp3) is 0. The molecule has 17 aromatic rings. The second-order valence-electron chi connectivity index (χ2n) is 21.4. The van der Waals surface area contributed by atoms with Gasteiger partial charge in [0.15, 0.2) is 17.5 Å². The zero-order chi connectivity index (χ0) is 55.4. The Balaban J connectivity index is 1.03. The first-order valence-electron chi connectivity index (χ1n) is 28.2. The Labute approximate surface area is 481 Å². The lowest BCUT2D eigenvalue weighted by atomic mass is 9.91. The van der Waals surface area contributed by atoms with Gasteiger partial charge in [0.05, 0.1) is 67.1 Å². The smallest absolute Gasteiger partial charge is 0.164 e. The average molecular weight is 1070 g/mol. The van der Waals surface area contributed by atoms with Crippen molar-refractivity contribution in [3.8, 4) is 74.1 Å². The third-order valence-electron chi connectivity index (χ3n) is 16.8. The highest BCUT2D eigenvalue weighted by Crippen LogP contribution is 2.48. The third kappa shape index (κ3) is 7.09. The topological polar surface area (TPSA) is 82.2 Å². The molecular weight excluding hydrogens is 1020 g/mol. The molecule has 0 N–H and O–H groups in total. The van der Waals surface area contributed by atoms with E-state index in [9.17, 15) is 5.26 Å². The number of benzene rings is 12. The Morgan fingerprint density at radius 1 is 0.262 bits per heavy atom. The number of hydrogen-bond acceptors (Lipinski definition) is 4. The maximum atomic E-state index is 11.8. The molecule has 0 saturated heterocycles. The SMILES string of the molecule is N#Cc1cccc(-n2c3ccccc3c3cc4c5ccccc5n(-c5ccccc5)c4cc32)c1-c1c(-c2nc(-c3ccccc3)nc(-c3ccccc3)n2)cccc1-n1c2ccccc2c2cc3c4ccccc4n(-c4ccccc4)c3cc21. The Hall–Kier alpha value is -11.7. The van der Waals surface area contributed by atoms with E-state index in [4.69, 9.17) is 15.0 Å². The lowest BCUT2D eigenvalue weighted by Crippen LogP contribution is -2.07. The fourth-order valence-electron chi connectivity index (χ4n) is 13.3. The summed E-state index contributed by atoms with van der Waals surface area (Å²) in [6.45, 7) is 0. The summed E-state index contributed by atoms with van der Waals surface area (Å²) in [7, 11) is 0. The van der Waals surface area contributed by atoms with E-state index in [0.717, 1.165) is 127 Å². The van der Waals surface area contributed by atoms with Crippen LogP contribution in [-0.4, -0.2) is 33.2 Å². The van der Waals surface area contributed by atoms with Crippen LogP contribution in [0.2, 0.25) is 0 Å². The maximum Gasteiger partial charge on any atom is 0.164 e. The summed E-state index contributed by atoms with van der Waals surface area (Å²) in [5.41, 5.74) is 16.8. The van der Waals surface area contributed by atoms with Gasteiger partial charge in [-0.1, -0.05) is 188 Å². The van der Waals surface area contributed by atoms with Crippen LogP contribution < -0.4 is 0 Å². The van der Waals surface area contributed by atoms with Crippen LogP contribution in [0.4, 0.5) is 0 Å². The molecule has 0 aliphatic carbocycles. The zero-order valence-corrected chi connectivity index (χ0v) is 45.1. The summed E-state index contributed by atoms with van der Waals surface area (Å²) in [6.07, 6.45) is 0. The summed E-state index contributed by atoms with van der Waals surface area (Å²) in [5.74, 6) is 1.55. The van der Waals surface area contributed by atoms with Gasteiger partial charge in [-0.25, -0.2) is 15.0 Å². The van der Waals surface area contributed by atoms with E-state index in [2.05, 4.69) is 231 Å². The molecule has 0 unspecified atom stereocenters. The summed E-state index contributed by atoms with van der Waals surface area (Å²) in [6, 6.07) is 101. The first-order chi connectivity index (χ1) is 41.7. The molecule has 12 aromatic carbocycles. The van der Waals surface area contributed by atoms with Gasteiger partial charge in [-0.05, 0) is 91.0 Å². The van der Waals surface area contributed by atoms with Crippen LogP contribution in [0.25, 0.3) is 155 Å². The van der Waals surface area contributed by atoms with Crippen LogP contribution in [0, 0.1) is 11.3 Å². The monoisotopic (exact) mass is 1070 g/mol. The van der Waals surface area contributed by atoms with Crippen molar-refractivity contribution < 1.29 is 0 Å². The number of nitrogens with zero attached hydrogens (tertiary/aromatic N) is 8. The number of nitriles is 1. The molecule has 0 radical (unpaired) electrons. The highest BCUT2D eigenvalue weighted by molar-refractivity contribution is 6.21. The van der Waals surface area contributed by atoms with Gasteiger partial charge in [0.25, 0.3) is 0 Å². The normalized spacial score (nSPS) is 11.8. The number of hydrogen-bond donors (Lipinski definition) is 0. The molecule has 17 rings (SSSR count). The second kappa shape index (κ2) is 18.7. The van der Waals surface area contributed by atoms with Crippen molar-refractivity contribution in [3.05, 3.63) is 285 Å². The molecule has 5 aromatic heterocycles. The summed E-state index contributed by atoms with van der Waals surface area (Å²) < 4.78 is 9.53. The van der Waals surface area contributed by atoms with Crippen molar-refractivity contribution in [2.24, 2.45) is 0 Å². The molecule has 0 aliphatic heterocycles. The lowest BCUT2D eigenvalue weighted by molar-refractivity contribution is 1.07. The summed E-state index contributed by atoms with van der Waals surface area (Å²) in [4.78, 5) is 16.1. The quantitative estimate of drug-likeness (QED) is 0.152. The first-order valence-corrected chi connectivity index (χ1v) is 28.2. The number of para-hydroxylation sites is 6. The van der Waals surface area contributed by atoms with Crippen LogP contribution in [0.3, 0.4) is 0 Å². The molecule has 0 bridgehead atoms. The maximum absolute atomic E-state index is 11.8. The van der Waals surface area contributed by atoms with Gasteiger partial charge in [-0.2, -0.15) is 5.26 Å². The highest BCUT2D eigenvalue weighted by atomic mass is 15.1. The Bertz CT molecular complexity index is 5490. The average Bonchev–Trinajstić information content (AvgIpc) is 1.86. The molecule has 390 valence electrons. The summed E-state index contributed by atoms with van der Waals surface area (Å²) in [5, 5.41) is 20.9. The minimum absolute atomic E-state index is 0.474. The van der Waals surface area contributed by atoms with Crippen molar-refractivity contribution in [3.63, 3.8) is 0 Å². The van der Waals surface area contributed by atoms with Gasteiger partial charge >= 0.3 is 0 Å².